The lowest BCUT2D eigenvalue weighted by Gasteiger charge is -2.25. The van der Waals surface area contributed by atoms with Gasteiger partial charge in [0, 0.05) is 12.1 Å². The van der Waals surface area contributed by atoms with Crippen molar-refractivity contribution >= 4 is 17.4 Å². The molecular formula is C29H27NO5. The van der Waals surface area contributed by atoms with E-state index in [1.165, 1.54) is 4.90 Å². The van der Waals surface area contributed by atoms with Gasteiger partial charge in [-0.2, -0.15) is 0 Å². The summed E-state index contributed by atoms with van der Waals surface area (Å²) < 4.78 is 11.0. The summed E-state index contributed by atoms with van der Waals surface area (Å²) in [5.41, 5.74) is 2.06. The number of aliphatic hydroxyl groups is 1. The number of hydrogen-bond donors (Lipinski definition) is 1. The summed E-state index contributed by atoms with van der Waals surface area (Å²) in [6.07, 6.45) is 1.65. The number of amides is 1. The van der Waals surface area contributed by atoms with E-state index in [1.807, 2.05) is 37.3 Å². The molecule has 1 unspecified atom stereocenters. The molecular weight excluding hydrogens is 442 g/mol. The van der Waals surface area contributed by atoms with Crippen molar-refractivity contribution in [1.29, 1.82) is 0 Å². The third-order valence-electron chi connectivity index (χ3n) is 5.74. The topological polar surface area (TPSA) is 76.1 Å². The molecule has 0 aliphatic carbocycles. The number of Topliss-reactive ketones (excluding diaryl/α,β-unsaturated/α-hetero) is 1. The average Bonchev–Trinajstić information content (AvgIpc) is 3.13. The number of nitrogens with zero attached hydrogens (tertiary/aromatic N) is 1. The van der Waals surface area contributed by atoms with E-state index in [2.05, 4.69) is 6.58 Å². The molecule has 0 radical (unpaired) electrons. The van der Waals surface area contributed by atoms with Crippen LogP contribution in [-0.4, -0.2) is 34.9 Å². The Balaban J connectivity index is 1.78. The van der Waals surface area contributed by atoms with Crippen LogP contribution in [0.1, 0.15) is 29.7 Å². The van der Waals surface area contributed by atoms with Crippen LogP contribution in [0.4, 0.5) is 0 Å². The van der Waals surface area contributed by atoms with Gasteiger partial charge in [0.15, 0.2) is 0 Å². The Kier molecular flexibility index (Phi) is 7.31. The van der Waals surface area contributed by atoms with Crippen molar-refractivity contribution < 1.29 is 24.2 Å². The quantitative estimate of drug-likeness (QED) is 0.200. The molecule has 0 bridgehead atoms. The Morgan fingerprint density at radius 3 is 2.20 bits per heavy atom. The molecule has 178 valence electrons. The van der Waals surface area contributed by atoms with Gasteiger partial charge in [0.25, 0.3) is 11.7 Å². The van der Waals surface area contributed by atoms with Gasteiger partial charge in [-0.15, -0.1) is 0 Å². The maximum Gasteiger partial charge on any atom is 0.295 e. The van der Waals surface area contributed by atoms with Crippen LogP contribution >= 0.6 is 0 Å². The largest absolute Gasteiger partial charge is 0.507 e. The summed E-state index contributed by atoms with van der Waals surface area (Å²) >= 11 is 0. The van der Waals surface area contributed by atoms with Crippen LogP contribution in [-0.2, 0) is 16.1 Å². The molecule has 0 aromatic heterocycles. The van der Waals surface area contributed by atoms with Crippen LogP contribution in [0.3, 0.4) is 0 Å². The molecule has 1 amide bonds. The molecule has 6 nitrogen and oxygen atoms in total. The normalized spacial score (nSPS) is 16.8. The first-order valence-corrected chi connectivity index (χ1v) is 11.4. The van der Waals surface area contributed by atoms with E-state index in [0.29, 0.717) is 35.8 Å². The minimum absolute atomic E-state index is 0.0508. The van der Waals surface area contributed by atoms with Crippen molar-refractivity contribution in [2.75, 3.05) is 13.2 Å². The molecule has 1 atom stereocenters. The summed E-state index contributed by atoms with van der Waals surface area (Å²) in [6, 6.07) is 22.6. The van der Waals surface area contributed by atoms with Gasteiger partial charge in [0.05, 0.1) is 18.2 Å². The van der Waals surface area contributed by atoms with Crippen molar-refractivity contribution in [1.82, 2.24) is 4.90 Å². The summed E-state index contributed by atoms with van der Waals surface area (Å²) in [5.74, 6) is -0.304. The lowest BCUT2D eigenvalue weighted by Crippen LogP contribution is -2.29. The van der Waals surface area contributed by atoms with Gasteiger partial charge in [0.1, 0.15) is 23.9 Å². The number of carbonyl (C=O) groups is 2. The van der Waals surface area contributed by atoms with Crippen LogP contribution < -0.4 is 9.47 Å². The number of aliphatic hydroxyl groups excluding tert-OH is 1. The smallest absolute Gasteiger partial charge is 0.295 e. The van der Waals surface area contributed by atoms with E-state index < -0.39 is 17.7 Å². The van der Waals surface area contributed by atoms with Crippen LogP contribution in [0.25, 0.3) is 5.76 Å². The zero-order valence-electron chi connectivity index (χ0n) is 19.5. The van der Waals surface area contributed by atoms with Gasteiger partial charge >= 0.3 is 0 Å². The standard InChI is InChI=1S/C29H27NO5/c1-3-18-35-24-14-10-21(11-15-24)26-25(27(31)22-12-16-23(17-13-22)34-4-2)28(32)29(33)30(26)19-20-8-6-5-7-9-20/h3,5-17,26,31H,1,4,18-19H2,2H3/b27-25+. The van der Waals surface area contributed by atoms with Gasteiger partial charge in [-0.05, 0) is 54.4 Å². The number of likely N-dealkylation sites (tertiary alicyclic amines) is 1. The second kappa shape index (κ2) is 10.7. The summed E-state index contributed by atoms with van der Waals surface area (Å²) in [4.78, 5) is 27.9. The van der Waals surface area contributed by atoms with Crippen LogP contribution in [0, 0.1) is 0 Å². The van der Waals surface area contributed by atoms with E-state index in [0.717, 1.165) is 5.56 Å². The Bertz CT molecular complexity index is 1230. The summed E-state index contributed by atoms with van der Waals surface area (Å²) in [7, 11) is 0. The fourth-order valence-corrected chi connectivity index (χ4v) is 4.10. The van der Waals surface area contributed by atoms with Crippen LogP contribution in [0.5, 0.6) is 11.5 Å². The summed E-state index contributed by atoms with van der Waals surface area (Å²) in [5, 5.41) is 11.2. The van der Waals surface area contributed by atoms with Gasteiger partial charge in [-0.1, -0.05) is 55.1 Å². The van der Waals surface area contributed by atoms with Gasteiger partial charge in [-0.3, -0.25) is 9.59 Å². The van der Waals surface area contributed by atoms with Gasteiger partial charge in [0.2, 0.25) is 0 Å². The molecule has 1 heterocycles. The lowest BCUT2D eigenvalue weighted by atomic mass is 9.95. The molecule has 1 aliphatic rings. The third kappa shape index (κ3) is 5.11. The fourth-order valence-electron chi connectivity index (χ4n) is 4.10. The highest BCUT2D eigenvalue weighted by Crippen LogP contribution is 2.40. The van der Waals surface area contributed by atoms with E-state index in [9.17, 15) is 14.7 Å². The van der Waals surface area contributed by atoms with E-state index in [1.54, 1.807) is 54.6 Å². The second-order valence-electron chi connectivity index (χ2n) is 8.04. The SMILES string of the molecule is C=CCOc1ccc(C2/C(=C(\O)c3ccc(OCC)cc3)C(=O)C(=O)N2Cc2ccccc2)cc1. The molecule has 3 aromatic carbocycles. The predicted molar refractivity (Wildman–Crippen MR) is 134 cm³/mol. The van der Waals surface area contributed by atoms with Crippen LogP contribution in [0.2, 0.25) is 0 Å². The number of carbonyl (C=O) groups excluding carboxylic acids is 2. The van der Waals surface area contributed by atoms with Crippen molar-refractivity contribution in [3.8, 4) is 11.5 Å². The van der Waals surface area contributed by atoms with E-state index in [-0.39, 0.29) is 17.9 Å². The number of ketones is 1. The van der Waals surface area contributed by atoms with E-state index >= 15 is 0 Å². The highest BCUT2D eigenvalue weighted by atomic mass is 16.5. The molecule has 0 saturated carbocycles. The predicted octanol–water partition coefficient (Wildman–Crippen LogP) is 5.27. The highest BCUT2D eigenvalue weighted by Gasteiger charge is 2.46. The van der Waals surface area contributed by atoms with Crippen molar-refractivity contribution in [2.24, 2.45) is 0 Å². The fraction of sp³-hybridized carbons (Fsp3) is 0.172. The average molecular weight is 470 g/mol. The van der Waals surface area contributed by atoms with E-state index in [4.69, 9.17) is 9.47 Å². The zero-order chi connectivity index (χ0) is 24.8. The lowest BCUT2D eigenvalue weighted by molar-refractivity contribution is -0.140. The first-order valence-electron chi connectivity index (χ1n) is 11.4. The Morgan fingerprint density at radius 2 is 1.57 bits per heavy atom. The first kappa shape index (κ1) is 23.8. The molecule has 35 heavy (non-hydrogen) atoms. The second-order valence-corrected chi connectivity index (χ2v) is 8.04. The molecule has 1 fully saturated rings. The summed E-state index contributed by atoms with van der Waals surface area (Å²) in [6.45, 7) is 6.64. The number of ether oxygens (including phenoxy) is 2. The monoisotopic (exact) mass is 469 g/mol. The molecule has 1 aliphatic heterocycles. The third-order valence-corrected chi connectivity index (χ3v) is 5.74. The van der Waals surface area contributed by atoms with Crippen molar-refractivity contribution in [3.63, 3.8) is 0 Å². The maximum atomic E-state index is 13.2. The molecule has 3 aromatic rings. The van der Waals surface area contributed by atoms with Gasteiger partial charge in [-0.25, -0.2) is 0 Å². The molecule has 1 N–H and O–H groups in total. The number of rotatable bonds is 9. The Labute approximate surface area is 204 Å². The zero-order valence-corrected chi connectivity index (χ0v) is 19.5. The van der Waals surface area contributed by atoms with Gasteiger partial charge < -0.3 is 19.5 Å². The van der Waals surface area contributed by atoms with Crippen molar-refractivity contribution in [3.05, 3.63) is 114 Å². The Morgan fingerprint density at radius 1 is 0.943 bits per heavy atom. The number of benzene rings is 3. The minimum Gasteiger partial charge on any atom is -0.507 e. The molecule has 0 spiro atoms. The highest BCUT2D eigenvalue weighted by molar-refractivity contribution is 6.46. The molecule has 4 rings (SSSR count). The van der Waals surface area contributed by atoms with Crippen molar-refractivity contribution in [2.45, 2.75) is 19.5 Å². The Hall–Kier alpha value is -4.32. The maximum absolute atomic E-state index is 13.2. The number of hydrogen-bond acceptors (Lipinski definition) is 5. The molecule has 1 saturated heterocycles. The van der Waals surface area contributed by atoms with Crippen LogP contribution in [0.15, 0.2) is 97.1 Å². The minimum atomic E-state index is -0.754. The molecule has 6 heteroatoms. The first-order chi connectivity index (χ1) is 17.0.